The summed E-state index contributed by atoms with van der Waals surface area (Å²) in [6, 6.07) is 15.7. The standard InChI is InChI=1S/C22H24N4O2/c1-2-18-16-24(22(28)19-14-23-26-12-7-6-10-20(19)26)13-11-21(27)25(18)15-17-8-4-3-5-9-17/h3-10,12,14,18H,2,11,13,15-16H2,1H3. The number of benzene rings is 1. The second-order valence-corrected chi connectivity index (χ2v) is 7.16. The molecule has 4 rings (SSSR count). The molecule has 28 heavy (non-hydrogen) atoms. The van der Waals surface area contributed by atoms with Crippen LogP contribution in [0.15, 0.2) is 60.9 Å². The summed E-state index contributed by atoms with van der Waals surface area (Å²) in [6.07, 6.45) is 4.59. The third-order valence-corrected chi connectivity index (χ3v) is 5.40. The average molecular weight is 376 g/mol. The Hall–Kier alpha value is -3.15. The molecule has 6 heteroatoms. The van der Waals surface area contributed by atoms with Gasteiger partial charge in [-0.05, 0) is 24.1 Å². The van der Waals surface area contributed by atoms with Gasteiger partial charge in [0.1, 0.15) is 0 Å². The third-order valence-electron chi connectivity index (χ3n) is 5.40. The molecule has 0 aliphatic carbocycles. The number of pyridine rings is 1. The molecule has 0 N–H and O–H groups in total. The fourth-order valence-corrected chi connectivity index (χ4v) is 3.82. The van der Waals surface area contributed by atoms with E-state index < -0.39 is 0 Å². The molecular formula is C22H24N4O2. The lowest BCUT2D eigenvalue weighted by atomic mass is 10.1. The van der Waals surface area contributed by atoms with Crippen LogP contribution in [0.4, 0.5) is 0 Å². The Morgan fingerprint density at radius 1 is 1.14 bits per heavy atom. The van der Waals surface area contributed by atoms with E-state index in [0.717, 1.165) is 17.5 Å². The highest BCUT2D eigenvalue weighted by Crippen LogP contribution is 2.20. The van der Waals surface area contributed by atoms with Crippen molar-refractivity contribution < 1.29 is 9.59 Å². The molecule has 3 heterocycles. The summed E-state index contributed by atoms with van der Waals surface area (Å²) in [5.41, 5.74) is 2.48. The maximum atomic E-state index is 13.2. The maximum Gasteiger partial charge on any atom is 0.257 e. The van der Waals surface area contributed by atoms with Crippen LogP contribution in [0.5, 0.6) is 0 Å². The minimum Gasteiger partial charge on any atom is -0.336 e. The Labute approximate surface area is 164 Å². The van der Waals surface area contributed by atoms with Crippen LogP contribution in [-0.2, 0) is 11.3 Å². The van der Waals surface area contributed by atoms with Crippen LogP contribution in [0.1, 0.15) is 35.7 Å². The molecule has 1 saturated heterocycles. The molecule has 1 atom stereocenters. The molecule has 3 aromatic rings. The molecule has 1 aliphatic rings. The van der Waals surface area contributed by atoms with E-state index in [1.54, 1.807) is 15.6 Å². The highest BCUT2D eigenvalue weighted by Gasteiger charge is 2.31. The second kappa shape index (κ2) is 7.84. The molecule has 1 aromatic carbocycles. The van der Waals surface area contributed by atoms with E-state index in [2.05, 4.69) is 12.0 Å². The summed E-state index contributed by atoms with van der Waals surface area (Å²) < 4.78 is 1.70. The molecular weight excluding hydrogens is 352 g/mol. The highest BCUT2D eigenvalue weighted by molar-refractivity contribution is 6.00. The van der Waals surface area contributed by atoms with Crippen molar-refractivity contribution in [1.82, 2.24) is 19.4 Å². The van der Waals surface area contributed by atoms with E-state index >= 15 is 0 Å². The van der Waals surface area contributed by atoms with Gasteiger partial charge in [0.15, 0.2) is 0 Å². The highest BCUT2D eigenvalue weighted by atomic mass is 16.2. The molecule has 0 bridgehead atoms. The summed E-state index contributed by atoms with van der Waals surface area (Å²) >= 11 is 0. The number of carbonyl (C=O) groups is 2. The quantitative estimate of drug-likeness (QED) is 0.703. The van der Waals surface area contributed by atoms with Crippen molar-refractivity contribution in [2.45, 2.75) is 32.4 Å². The molecule has 1 aliphatic heterocycles. The zero-order chi connectivity index (χ0) is 19.5. The molecule has 0 saturated carbocycles. The van der Waals surface area contributed by atoms with Gasteiger partial charge in [-0.25, -0.2) is 4.52 Å². The predicted octanol–water partition coefficient (Wildman–Crippen LogP) is 2.99. The van der Waals surface area contributed by atoms with Crippen LogP contribution >= 0.6 is 0 Å². The first-order chi connectivity index (χ1) is 13.7. The first-order valence-electron chi connectivity index (χ1n) is 9.72. The number of hydrogen-bond acceptors (Lipinski definition) is 3. The second-order valence-electron chi connectivity index (χ2n) is 7.16. The Balaban J connectivity index is 1.57. The van der Waals surface area contributed by atoms with Crippen molar-refractivity contribution in [3.8, 4) is 0 Å². The lowest BCUT2D eigenvalue weighted by Gasteiger charge is -2.31. The van der Waals surface area contributed by atoms with Crippen LogP contribution < -0.4 is 0 Å². The van der Waals surface area contributed by atoms with Crippen molar-refractivity contribution in [1.29, 1.82) is 0 Å². The smallest absolute Gasteiger partial charge is 0.257 e. The lowest BCUT2D eigenvalue weighted by Crippen LogP contribution is -2.43. The molecule has 144 valence electrons. The van der Waals surface area contributed by atoms with Gasteiger partial charge in [0.05, 0.1) is 17.3 Å². The van der Waals surface area contributed by atoms with E-state index in [1.807, 2.05) is 59.6 Å². The predicted molar refractivity (Wildman–Crippen MR) is 107 cm³/mol. The number of amides is 2. The Bertz CT molecular complexity index is 982. The first kappa shape index (κ1) is 18.2. The van der Waals surface area contributed by atoms with E-state index in [0.29, 0.717) is 31.6 Å². The molecule has 1 unspecified atom stereocenters. The van der Waals surface area contributed by atoms with E-state index in [9.17, 15) is 9.59 Å². The summed E-state index contributed by atoms with van der Waals surface area (Å²) in [6.45, 7) is 3.62. The molecule has 1 fully saturated rings. The third kappa shape index (κ3) is 3.50. The van der Waals surface area contributed by atoms with Crippen molar-refractivity contribution in [2.75, 3.05) is 13.1 Å². The van der Waals surface area contributed by atoms with E-state index in [1.165, 1.54) is 0 Å². The van der Waals surface area contributed by atoms with Crippen molar-refractivity contribution >= 4 is 17.3 Å². The number of nitrogens with zero attached hydrogens (tertiary/aromatic N) is 4. The fraction of sp³-hybridized carbons (Fsp3) is 0.318. The SMILES string of the molecule is CCC1CN(C(=O)c2cnn3ccccc23)CCC(=O)N1Cc1ccccc1. The van der Waals surface area contributed by atoms with Gasteiger partial charge < -0.3 is 9.80 Å². The normalized spacial score (nSPS) is 17.8. The molecule has 0 radical (unpaired) electrons. The zero-order valence-corrected chi connectivity index (χ0v) is 16.0. The van der Waals surface area contributed by atoms with Gasteiger partial charge in [0, 0.05) is 38.3 Å². The maximum absolute atomic E-state index is 13.2. The number of fused-ring (bicyclic) bond motifs is 1. The van der Waals surface area contributed by atoms with Gasteiger partial charge in [-0.2, -0.15) is 5.10 Å². The Morgan fingerprint density at radius 3 is 2.71 bits per heavy atom. The van der Waals surface area contributed by atoms with Crippen molar-refractivity contribution in [3.63, 3.8) is 0 Å². The number of aromatic nitrogens is 2. The van der Waals surface area contributed by atoms with Gasteiger partial charge in [-0.15, -0.1) is 0 Å². The minimum atomic E-state index is -0.0611. The van der Waals surface area contributed by atoms with E-state index in [4.69, 9.17) is 0 Å². The topological polar surface area (TPSA) is 57.9 Å². The van der Waals surface area contributed by atoms with Gasteiger partial charge in [0.2, 0.25) is 5.91 Å². The van der Waals surface area contributed by atoms with Gasteiger partial charge in [-0.3, -0.25) is 9.59 Å². The summed E-state index contributed by atoms with van der Waals surface area (Å²) in [4.78, 5) is 29.8. The van der Waals surface area contributed by atoms with Crippen LogP contribution in [0, 0.1) is 0 Å². The Morgan fingerprint density at radius 2 is 1.93 bits per heavy atom. The van der Waals surface area contributed by atoms with E-state index in [-0.39, 0.29) is 17.9 Å². The number of carbonyl (C=O) groups excluding carboxylic acids is 2. The van der Waals surface area contributed by atoms with Gasteiger partial charge in [0.25, 0.3) is 5.91 Å². The lowest BCUT2D eigenvalue weighted by molar-refractivity contribution is -0.133. The zero-order valence-electron chi connectivity index (χ0n) is 16.0. The molecule has 6 nitrogen and oxygen atoms in total. The molecule has 0 spiro atoms. The van der Waals surface area contributed by atoms with Crippen LogP contribution in [0.3, 0.4) is 0 Å². The minimum absolute atomic E-state index is 0.000921. The van der Waals surface area contributed by atoms with Crippen molar-refractivity contribution in [2.24, 2.45) is 0 Å². The van der Waals surface area contributed by atoms with Gasteiger partial charge in [-0.1, -0.05) is 43.3 Å². The number of hydrogen-bond donors (Lipinski definition) is 0. The van der Waals surface area contributed by atoms with Crippen molar-refractivity contribution in [3.05, 3.63) is 72.1 Å². The molecule has 2 amide bonds. The number of rotatable bonds is 4. The monoisotopic (exact) mass is 376 g/mol. The Kier molecular flexibility index (Phi) is 5.10. The van der Waals surface area contributed by atoms with Crippen LogP contribution in [0.25, 0.3) is 5.52 Å². The summed E-state index contributed by atoms with van der Waals surface area (Å²) in [5, 5.41) is 4.27. The average Bonchev–Trinajstić information content (AvgIpc) is 3.10. The van der Waals surface area contributed by atoms with Crippen LogP contribution in [-0.4, -0.2) is 50.4 Å². The summed E-state index contributed by atoms with van der Waals surface area (Å²) in [5.74, 6) is 0.0416. The summed E-state index contributed by atoms with van der Waals surface area (Å²) in [7, 11) is 0. The van der Waals surface area contributed by atoms with Gasteiger partial charge >= 0.3 is 0 Å². The fourth-order valence-electron chi connectivity index (χ4n) is 3.82. The first-order valence-corrected chi connectivity index (χ1v) is 9.72. The van der Waals surface area contributed by atoms with Crippen LogP contribution in [0.2, 0.25) is 0 Å². The molecule has 2 aromatic heterocycles. The largest absolute Gasteiger partial charge is 0.336 e.